The van der Waals surface area contributed by atoms with Crippen molar-refractivity contribution in [3.63, 3.8) is 0 Å². The van der Waals surface area contributed by atoms with Gasteiger partial charge in [-0.15, -0.1) is 0 Å². The predicted molar refractivity (Wildman–Crippen MR) is 110 cm³/mol. The van der Waals surface area contributed by atoms with Gasteiger partial charge in [-0.05, 0) is 81.0 Å². The van der Waals surface area contributed by atoms with Crippen LogP contribution in [0, 0.1) is 31.4 Å². The summed E-state index contributed by atoms with van der Waals surface area (Å²) in [4.78, 5) is 12.1. The van der Waals surface area contributed by atoms with Gasteiger partial charge < -0.3 is 5.32 Å². The lowest BCUT2D eigenvalue weighted by molar-refractivity contribution is -0.133. The van der Waals surface area contributed by atoms with E-state index in [2.05, 4.69) is 5.32 Å². The molecule has 158 valence electrons. The molecule has 4 nitrogen and oxygen atoms in total. The number of nitrogens with one attached hydrogen (secondary N) is 2. The summed E-state index contributed by atoms with van der Waals surface area (Å²) in [5.74, 6) is -1.27. The number of unbranched alkanes of at least 4 members (excludes halogenated alkanes) is 1. The maximum Gasteiger partial charge on any atom is 0.246 e. The molecule has 0 aliphatic heterocycles. The second-order valence-corrected chi connectivity index (χ2v) is 7.64. The van der Waals surface area contributed by atoms with E-state index in [0.29, 0.717) is 24.0 Å². The number of amides is 1. The first-order chi connectivity index (χ1) is 13.8. The molecule has 0 aromatic heterocycles. The van der Waals surface area contributed by atoms with E-state index >= 15 is 0 Å². The smallest absolute Gasteiger partial charge is 0.246 e. The Morgan fingerprint density at radius 2 is 1.69 bits per heavy atom. The Kier molecular flexibility index (Phi) is 8.73. The number of hydrogen-bond donors (Lipinski definition) is 3. The Morgan fingerprint density at radius 3 is 2.28 bits per heavy atom. The van der Waals surface area contributed by atoms with Crippen molar-refractivity contribution >= 4 is 5.91 Å². The first-order valence-corrected chi connectivity index (χ1v) is 10.00. The summed E-state index contributed by atoms with van der Waals surface area (Å²) in [7, 11) is 0. The molecule has 3 N–H and O–H groups in total. The Labute approximate surface area is 171 Å². The molecule has 2 rings (SSSR count). The average molecular weight is 405 g/mol. The Bertz CT molecular complexity index is 786. The van der Waals surface area contributed by atoms with Gasteiger partial charge in [0.1, 0.15) is 11.6 Å². The van der Waals surface area contributed by atoms with E-state index in [0.717, 1.165) is 30.5 Å². The van der Waals surface area contributed by atoms with Gasteiger partial charge in [0.2, 0.25) is 5.91 Å². The maximum atomic E-state index is 13.8. The zero-order valence-corrected chi connectivity index (χ0v) is 17.3. The molecule has 2 atom stereocenters. The molecule has 0 saturated carbocycles. The minimum absolute atomic E-state index is 0.109. The van der Waals surface area contributed by atoms with E-state index in [1.54, 1.807) is 43.6 Å². The van der Waals surface area contributed by atoms with E-state index in [9.17, 15) is 13.6 Å². The highest BCUT2D eigenvalue weighted by Gasteiger charge is 2.19. The number of aryl methyl sites for hydroxylation is 2. The number of carbonyl (C=O) groups is 1. The molecule has 0 bridgehead atoms. The van der Waals surface area contributed by atoms with Crippen molar-refractivity contribution in [2.45, 2.75) is 52.5 Å². The van der Waals surface area contributed by atoms with Crippen molar-refractivity contribution in [2.75, 3.05) is 6.54 Å². The predicted octanol–water partition coefficient (Wildman–Crippen LogP) is 4.77. The molecule has 0 fully saturated rings. The molecule has 1 amide bonds. The van der Waals surface area contributed by atoms with Crippen LogP contribution in [-0.2, 0) is 11.2 Å². The van der Waals surface area contributed by atoms with E-state index < -0.39 is 5.91 Å². The van der Waals surface area contributed by atoms with Crippen LogP contribution in [-0.4, -0.2) is 17.7 Å². The van der Waals surface area contributed by atoms with Crippen LogP contribution in [0.3, 0.4) is 0 Å². The van der Waals surface area contributed by atoms with Crippen molar-refractivity contribution < 1.29 is 18.8 Å². The molecule has 2 aromatic rings. The number of carbonyl (C=O) groups excluding carboxylic acids is 1. The summed E-state index contributed by atoms with van der Waals surface area (Å²) in [5.41, 5.74) is 4.77. The van der Waals surface area contributed by atoms with Crippen LogP contribution >= 0.6 is 0 Å². The lowest BCUT2D eigenvalue weighted by Gasteiger charge is -2.17. The maximum absolute atomic E-state index is 13.8. The summed E-state index contributed by atoms with van der Waals surface area (Å²) in [5, 5.41) is 12.5. The molecular formula is C23H30F2N2O2. The number of halogens is 2. The van der Waals surface area contributed by atoms with E-state index in [4.69, 9.17) is 5.21 Å². The van der Waals surface area contributed by atoms with Gasteiger partial charge in [-0.1, -0.05) is 30.7 Å². The minimum Gasteiger partial charge on any atom is -0.310 e. The molecule has 0 radical (unpaired) electrons. The van der Waals surface area contributed by atoms with Gasteiger partial charge >= 0.3 is 0 Å². The van der Waals surface area contributed by atoms with Crippen molar-refractivity contribution in [1.29, 1.82) is 0 Å². The highest BCUT2D eigenvalue weighted by Crippen LogP contribution is 2.21. The highest BCUT2D eigenvalue weighted by atomic mass is 19.1. The molecular weight excluding hydrogens is 374 g/mol. The van der Waals surface area contributed by atoms with Crippen LogP contribution in [0.4, 0.5) is 8.78 Å². The van der Waals surface area contributed by atoms with Gasteiger partial charge in [-0.2, -0.15) is 0 Å². The van der Waals surface area contributed by atoms with Gasteiger partial charge in [0.15, 0.2) is 0 Å². The fourth-order valence-electron chi connectivity index (χ4n) is 3.56. The third-order valence-corrected chi connectivity index (χ3v) is 5.26. The summed E-state index contributed by atoms with van der Waals surface area (Å²) in [6, 6.07) is 10.0. The number of rotatable bonds is 10. The fourth-order valence-corrected chi connectivity index (χ4v) is 3.56. The number of hydrogen-bond acceptors (Lipinski definition) is 3. The van der Waals surface area contributed by atoms with Crippen LogP contribution in [0.15, 0.2) is 36.4 Å². The summed E-state index contributed by atoms with van der Waals surface area (Å²) in [6.07, 6.45) is 2.74. The largest absolute Gasteiger partial charge is 0.310 e. The monoisotopic (exact) mass is 404 g/mol. The normalized spacial score (nSPS) is 13.2. The Balaban J connectivity index is 1.83. The Morgan fingerprint density at radius 1 is 1.07 bits per heavy atom. The van der Waals surface area contributed by atoms with E-state index in [1.807, 2.05) is 6.92 Å². The number of hydroxylamine groups is 1. The van der Waals surface area contributed by atoms with Gasteiger partial charge in [0, 0.05) is 12.0 Å². The van der Waals surface area contributed by atoms with Gasteiger partial charge in [-0.25, -0.2) is 14.3 Å². The number of benzene rings is 2. The van der Waals surface area contributed by atoms with Gasteiger partial charge in [-0.3, -0.25) is 10.0 Å². The molecule has 0 saturated heterocycles. The Hall–Kier alpha value is -2.31. The summed E-state index contributed by atoms with van der Waals surface area (Å²) in [6.45, 7) is 6.21. The second-order valence-electron chi connectivity index (χ2n) is 7.64. The van der Waals surface area contributed by atoms with Crippen molar-refractivity contribution in [3.05, 3.63) is 70.3 Å². The van der Waals surface area contributed by atoms with Gasteiger partial charge in [0.05, 0.1) is 0 Å². The standard InChI is InChI=1S/C23H30F2N2O2/c1-15-12-18(13-16(2)22(15)25)14-20(23(28)27-29)6-4-5-11-26-17(3)19-7-9-21(24)10-8-19/h7-10,12-13,17,20,26,29H,4-6,11,14H2,1-3H3,(H,27,28)/t17-,20+/m1/s1. The van der Waals surface area contributed by atoms with Crippen LogP contribution in [0.1, 0.15) is 54.5 Å². The molecule has 0 unspecified atom stereocenters. The third-order valence-electron chi connectivity index (χ3n) is 5.26. The molecule has 0 aliphatic carbocycles. The zero-order chi connectivity index (χ0) is 21.4. The lowest BCUT2D eigenvalue weighted by Crippen LogP contribution is -2.29. The summed E-state index contributed by atoms with van der Waals surface area (Å²) >= 11 is 0. The molecule has 0 spiro atoms. The first kappa shape index (κ1) is 23.0. The lowest BCUT2D eigenvalue weighted by atomic mass is 9.91. The highest BCUT2D eigenvalue weighted by molar-refractivity contribution is 5.77. The van der Waals surface area contributed by atoms with Crippen LogP contribution in [0.2, 0.25) is 0 Å². The first-order valence-electron chi connectivity index (χ1n) is 10.00. The topological polar surface area (TPSA) is 61.4 Å². The van der Waals surface area contributed by atoms with Crippen LogP contribution in [0.5, 0.6) is 0 Å². The van der Waals surface area contributed by atoms with Crippen molar-refractivity contribution in [3.8, 4) is 0 Å². The fraction of sp³-hybridized carbons (Fsp3) is 0.435. The molecule has 0 aliphatic rings. The second kappa shape index (κ2) is 11.0. The van der Waals surface area contributed by atoms with E-state index in [-0.39, 0.29) is 23.6 Å². The van der Waals surface area contributed by atoms with Crippen LogP contribution < -0.4 is 10.8 Å². The van der Waals surface area contributed by atoms with E-state index in [1.165, 1.54) is 12.1 Å². The third kappa shape index (κ3) is 6.91. The molecule has 2 aromatic carbocycles. The minimum atomic E-state index is -0.419. The quantitative estimate of drug-likeness (QED) is 0.304. The van der Waals surface area contributed by atoms with Crippen molar-refractivity contribution in [1.82, 2.24) is 10.8 Å². The van der Waals surface area contributed by atoms with Crippen molar-refractivity contribution in [2.24, 2.45) is 5.92 Å². The SMILES string of the molecule is Cc1cc(C[C@H](CCCCN[C@H](C)c2ccc(F)cc2)C(=O)NO)cc(C)c1F. The molecule has 0 heterocycles. The van der Waals surface area contributed by atoms with Gasteiger partial charge in [0.25, 0.3) is 0 Å². The average Bonchev–Trinajstić information content (AvgIpc) is 2.70. The summed E-state index contributed by atoms with van der Waals surface area (Å²) < 4.78 is 26.8. The van der Waals surface area contributed by atoms with Crippen LogP contribution in [0.25, 0.3) is 0 Å². The zero-order valence-electron chi connectivity index (χ0n) is 17.3. The molecule has 29 heavy (non-hydrogen) atoms. The molecule has 6 heteroatoms.